The Bertz CT molecular complexity index is 962. The van der Waals surface area contributed by atoms with Gasteiger partial charge < -0.3 is 14.4 Å². The van der Waals surface area contributed by atoms with E-state index in [0.717, 1.165) is 16.3 Å². The lowest BCUT2D eigenvalue weighted by molar-refractivity contribution is -0.133. The van der Waals surface area contributed by atoms with Gasteiger partial charge in [0.1, 0.15) is 5.75 Å². The summed E-state index contributed by atoms with van der Waals surface area (Å²) in [5.74, 6) is -0.0785. The van der Waals surface area contributed by atoms with Gasteiger partial charge in [-0.1, -0.05) is 54.6 Å². The summed E-state index contributed by atoms with van der Waals surface area (Å²) in [5.41, 5.74) is 1.34. The van der Waals surface area contributed by atoms with E-state index < -0.39 is 5.97 Å². The topological polar surface area (TPSA) is 55.8 Å². The number of rotatable bonds is 6. The Hall–Kier alpha value is -3.34. The van der Waals surface area contributed by atoms with Gasteiger partial charge in [-0.05, 0) is 22.9 Å². The molecule has 0 radical (unpaired) electrons. The number of hydrogen-bond donors (Lipinski definition) is 0. The number of ether oxygens (including phenoxy) is 2. The Balaban J connectivity index is 1.63. The molecule has 0 saturated carbocycles. The van der Waals surface area contributed by atoms with Crippen LogP contribution in [0.3, 0.4) is 0 Å². The van der Waals surface area contributed by atoms with Gasteiger partial charge in [-0.2, -0.15) is 0 Å². The van der Waals surface area contributed by atoms with Crippen LogP contribution in [0, 0.1) is 0 Å². The van der Waals surface area contributed by atoms with E-state index in [9.17, 15) is 9.59 Å². The molecule has 138 valence electrons. The van der Waals surface area contributed by atoms with Crippen molar-refractivity contribution in [1.82, 2.24) is 4.90 Å². The molecule has 0 heterocycles. The van der Waals surface area contributed by atoms with Crippen LogP contribution in [0.4, 0.5) is 0 Å². The highest BCUT2D eigenvalue weighted by Gasteiger charge is 2.16. The quantitative estimate of drug-likeness (QED) is 0.627. The van der Waals surface area contributed by atoms with E-state index in [1.165, 1.54) is 4.90 Å². The average Bonchev–Trinajstić information content (AvgIpc) is 2.71. The summed E-state index contributed by atoms with van der Waals surface area (Å²) in [6.45, 7) is 0.0579. The number of amides is 1. The third kappa shape index (κ3) is 4.26. The fourth-order valence-corrected chi connectivity index (χ4v) is 2.90. The molecule has 27 heavy (non-hydrogen) atoms. The molecule has 0 saturated heterocycles. The Labute approximate surface area is 158 Å². The van der Waals surface area contributed by atoms with Gasteiger partial charge >= 0.3 is 5.97 Å². The molecule has 3 rings (SSSR count). The smallest absolute Gasteiger partial charge is 0.339 e. The zero-order valence-electron chi connectivity index (χ0n) is 15.3. The van der Waals surface area contributed by atoms with Crippen LogP contribution in [-0.4, -0.2) is 37.5 Å². The predicted molar refractivity (Wildman–Crippen MR) is 104 cm³/mol. The Morgan fingerprint density at radius 2 is 1.63 bits per heavy atom. The summed E-state index contributed by atoms with van der Waals surface area (Å²) in [6.07, 6.45) is 0. The Morgan fingerprint density at radius 3 is 2.44 bits per heavy atom. The van der Waals surface area contributed by atoms with Crippen LogP contribution in [0.1, 0.15) is 15.9 Å². The summed E-state index contributed by atoms with van der Waals surface area (Å²) in [7, 11) is 3.26. The first-order chi connectivity index (χ1) is 13.1. The molecule has 0 spiro atoms. The molecule has 3 aromatic rings. The van der Waals surface area contributed by atoms with Gasteiger partial charge in [0, 0.05) is 19.2 Å². The zero-order chi connectivity index (χ0) is 19.2. The SMILES string of the molecule is COc1ccccc1CN(C)C(=O)COC(=O)c1cccc2ccccc12. The zero-order valence-corrected chi connectivity index (χ0v) is 15.3. The highest BCUT2D eigenvalue weighted by atomic mass is 16.5. The first-order valence-electron chi connectivity index (χ1n) is 8.61. The number of esters is 1. The largest absolute Gasteiger partial charge is 0.496 e. The van der Waals surface area contributed by atoms with Crippen LogP contribution in [-0.2, 0) is 16.1 Å². The van der Waals surface area contributed by atoms with Crippen molar-refractivity contribution in [3.05, 3.63) is 77.9 Å². The summed E-state index contributed by atoms with van der Waals surface area (Å²) in [6, 6.07) is 20.5. The van der Waals surface area contributed by atoms with Gasteiger partial charge in [0.25, 0.3) is 5.91 Å². The van der Waals surface area contributed by atoms with Crippen LogP contribution in [0.25, 0.3) is 10.8 Å². The van der Waals surface area contributed by atoms with Gasteiger partial charge in [0.05, 0.1) is 12.7 Å². The lowest BCUT2D eigenvalue weighted by Crippen LogP contribution is -2.31. The summed E-state index contributed by atoms with van der Waals surface area (Å²) in [4.78, 5) is 26.3. The maximum absolute atomic E-state index is 12.4. The number of carbonyl (C=O) groups is 2. The molecule has 0 N–H and O–H groups in total. The van der Waals surface area contributed by atoms with Crippen LogP contribution in [0.5, 0.6) is 5.75 Å². The van der Waals surface area contributed by atoms with Gasteiger partial charge in [0.2, 0.25) is 0 Å². The van der Waals surface area contributed by atoms with Gasteiger partial charge in [-0.3, -0.25) is 4.79 Å². The number of nitrogens with zero attached hydrogens (tertiary/aromatic N) is 1. The molecule has 0 aliphatic carbocycles. The minimum absolute atomic E-state index is 0.283. The van der Waals surface area contributed by atoms with E-state index in [0.29, 0.717) is 17.9 Å². The molecular formula is C22H21NO4. The van der Waals surface area contributed by atoms with Crippen molar-refractivity contribution in [1.29, 1.82) is 0 Å². The molecule has 5 nitrogen and oxygen atoms in total. The van der Waals surface area contributed by atoms with Crippen molar-refractivity contribution in [2.45, 2.75) is 6.54 Å². The van der Waals surface area contributed by atoms with Crippen LogP contribution in [0.2, 0.25) is 0 Å². The molecule has 0 fully saturated rings. The van der Waals surface area contributed by atoms with Crippen molar-refractivity contribution in [2.75, 3.05) is 20.8 Å². The maximum Gasteiger partial charge on any atom is 0.339 e. The van der Waals surface area contributed by atoms with Crippen LogP contribution < -0.4 is 4.74 Å². The van der Waals surface area contributed by atoms with E-state index in [2.05, 4.69) is 0 Å². The van der Waals surface area contributed by atoms with E-state index in [-0.39, 0.29) is 12.5 Å². The molecule has 0 aromatic heterocycles. The lowest BCUT2D eigenvalue weighted by atomic mass is 10.1. The molecule has 0 atom stereocenters. The highest BCUT2D eigenvalue weighted by molar-refractivity contribution is 6.04. The van der Waals surface area contributed by atoms with Gasteiger partial charge in [-0.15, -0.1) is 0 Å². The second-order valence-electron chi connectivity index (χ2n) is 6.16. The van der Waals surface area contributed by atoms with E-state index in [4.69, 9.17) is 9.47 Å². The number of methoxy groups -OCH3 is 1. The van der Waals surface area contributed by atoms with Crippen molar-refractivity contribution in [2.24, 2.45) is 0 Å². The van der Waals surface area contributed by atoms with E-state index in [1.54, 1.807) is 26.3 Å². The number of benzene rings is 3. The maximum atomic E-state index is 12.4. The minimum atomic E-state index is -0.508. The highest BCUT2D eigenvalue weighted by Crippen LogP contribution is 2.20. The average molecular weight is 363 g/mol. The first kappa shape index (κ1) is 18.5. The minimum Gasteiger partial charge on any atom is -0.496 e. The number of para-hydroxylation sites is 1. The lowest BCUT2D eigenvalue weighted by Gasteiger charge is -2.18. The molecular weight excluding hydrogens is 342 g/mol. The van der Waals surface area contributed by atoms with Gasteiger partial charge in [0.15, 0.2) is 6.61 Å². The van der Waals surface area contributed by atoms with E-state index >= 15 is 0 Å². The Morgan fingerprint density at radius 1 is 0.926 bits per heavy atom. The summed E-state index contributed by atoms with van der Waals surface area (Å²) in [5, 5.41) is 1.76. The standard InChI is InChI=1S/C22H21NO4/c1-23(14-17-9-4-6-13-20(17)26-2)21(24)15-27-22(25)19-12-7-10-16-8-3-5-11-18(16)19/h3-13H,14-15H2,1-2H3. The monoisotopic (exact) mass is 363 g/mol. The van der Waals surface area contributed by atoms with Gasteiger partial charge in [-0.25, -0.2) is 4.79 Å². The third-order valence-electron chi connectivity index (χ3n) is 4.36. The Kier molecular flexibility index (Phi) is 5.71. The summed E-state index contributed by atoms with van der Waals surface area (Å²) < 4.78 is 10.6. The molecule has 0 aliphatic heterocycles. The normalized spacial score (nSPS) is 10.4. The van der Waals surface area contributed by atoms with E-state index in [1.807, 2.05) is 54.6 Å². The number of carbonyl (C=O) groups excluding carboxylic acids is 2. The fourth-order valence-electron chi connectivity index (χ4n) is 2.90. The summed E-state index contributed by atoms with van der Waals surface area (Å²) >= 11 is 0. The molecule has 0 bridgehead atoms. The van der Waals surface area contributed by atoms with Crippen molar-refractivity contribution >= 4 is 22.6 Å². The van der Waals surface area contributed by atoms with Crippen molar-refractivity contribution < 1.29 is 19.1 Å². The fraction of sp³-hybridized carbons (Fsp3) is 0.182. The second kappa shape index (κ2) is 8.36. The second-order valence-corrected chi connectivity index (χ2v) is 6.16. The number of likely N-dealkylation sites (N-methyl/N-ethyl adjacent to an activating group) is 1. The predicted octanol–water partition coefficient (Wildman–Crippen LogP) is 3.66. The van der Waals surface area contributed by atoms with Crippen LogP contribution in [0.15, 0.2) is 66.7 Å². The third-order valence-corrected chi connectivity index (χ3v) is 4.36. The number of hydrogen-bond acceptors (Lipinski definition) is 4. The molecule has 0 unspecified atom stereocenters. The molecule has 5 heteroatoms. The number of fused-ring (bicyclic) bond motifs is 1. The molecule has 1 amide bonds. The van der Waals surface area contributed by atoms with Crippen molar-refractivity contribution in [3.8, 4) is 5.75 Å². The van der Waals surface area contributed by atoms with Crippen molar-refractivity contribution in [3.63, 3.8) is 0 Å². The molecule has 3 aromatic carbocycles. The molecule has 0 aliphatic rings. The first-order valence-corrected chi connectivity index (χ1v) is 8.61. The van der Waals surface area contributed by atoms with Crippen LogP contribution >= 0.6 is 0 Å².